The molecule has 1 saturated heterocycles. The first kappa shape index (κ1) is 9.49. The van der Waals surface area contributed by atoms with E-state index in [4.69, 9.17) is 0 Å². The summed E-state index contributed by atoms with van der Waals surface area (Å²) >= 11 is 0. The number of fused-ring (bicyclic) bond motifs is 1. The fraction of sp³-hybridized carbons (Fsp3) is 0.800. The zero-order valence-electron chi connectivity index (χ0n) is 9.08. The van der Waals surface area contributed by atoms with Gasteiger partial charge in [0.25, 0.3) is 0 Å². The number of hydrogen-bond acceptors (Lipinski definition) is 3. The van der Waals surface area contributed by atoms with Crippen molar-refractivity contribution in [1.82, 2.24) is 10.0 Å². The Morgan fingerprint density at radius 2 is 1.93 bits per heavy atom. The molecular weight excluding hydrogens is 178 g/mol. The van der Waals surface area contributed by atoms with Crippen LogP contribution in [0.5, 0.6) is 0 Å². The number of hydrazine groups is 1. The van der Waals surface area contributed by atoms with Crippen LogP contribution in [-0.2, 0) is 4.79 Å². The van der Waals surface area contributed by atoms with E-state index in [1.165, 1.54) is 0 Å². The number of amides is 1. The number of carbonyl (C=O) groups is 1. The summed E-state index contributed by atoms with van der Waals surface area (Å²) in [6.45, 7) is 8.70. The van der Waals surface area contributed by atoms with Gasteiger partial charge in [0, 0.05) is 18.4 Å². The van der Waals surface area contributed by atoms with Crippen molar-refractivity contribution in [2.24, 2.45) is 10.4 Å². The van der Waals surface area contributed by atoms with Crippen LogP contribution in [0.25, 0.3) is 0 Å². The summed E-state index contributed by atoms with van der Waals surface area (Å²) in [4.78, 5) is 16.0. The van der Waals surface area contributed by atoms with Crippen LogP contribution in [0.3, 0.4) is 0 Å². The zero-order chi connectivity index (χ0) is 10.3. The van der Waals surface area contributed by atoms with Gasteiger partial charge >= 0.3 is 0 Å². The van der Waals surface area contributed by atoms with Crippen LogP contribution in [-0.4, -0.2) is 41.4 Å². The van der Waals surface area contributed by atoms with Crippen molar-refractivity contribution in [3.63, 3.8) is 0 Å². The standard InChI is InChI=1S/C10H17N3O/c1-10(2,3)9-11-5-7-12-8(14)4-6-13(9)12/h4-7H2,1-3H3. The van der Waals surface area contributed by atoms with Gasteiger partial charge in [0.2, 0.25) is 5.91 Å². The van der Waals surface area contributed by atoms with E-state index in [0.717, 1.165) is 25.5 Å². The van der Waals surface area contributed by atoms with Crippen LogP contribution in [0.1, 0.15) is 27.2 Å². The van der Waals surface area contributed by atoms with Gasteiger partial charge in [-0.2, -0.15) is 0 Å². The van der Waals surface area contributed by atoms with E-state index in [1.807, 2.05) is 10.0 Å². The summed E-state index contributed by atoms with van der Waals surface area (Å²) in [5, 5.41) is 3.89. The van der Waals surface area contributed by atoms with E-state index in [-0.39, 0.29) is 11.3 Å². The minimum absolute atomic E-state index is 0.0310. The summed E-state index contributed by atoms with van der Waals surface area (Å²) in [6.07, 6.45) is 0.634. The van der Waals surface area contributed by atoms with Gasteiger partial charge in [-0.15, -0.1) is 0 Å². The quantitative estimate of drug-likeness (QED) is 0.575. The van der Waals surface area contributed by atoms with Crippen molar-refractivity contribution in [3.05, 3.63) is 0 Å². The lowest BCUT2D eigenvalue weighted by atomic mass is 9.94. The molecule has 14 heavy (non-hydrogen) atoms. The van der Waals surface area contributed by atoms with Crippen molar-refractivity contribution in [3.8, 4) is 0 Å². The molecule has 1 fully saturated rings. The number of aliphatic imine (C=N–C) groups is 1. The molecule has 0 N–H and O–H groups in total. The summed E-state index contributed by atoms with van der Waals surface area (Å²) in [6, 6.07) is 0. The normalized spacial score (nSPS) is 22.5. The lowest BCUT2D eigenvalue weighted by molar-refractivity contribution is -0.134. The summed E-state index contributed by atoms with van der Waals surface area (Å²) < 4.78 is 0. The van der Waals surface area contributed by atoms with Gasteiger partial charge in [-0.25, -0.2) is 0 Å². The summed E-state index contributed by atoms with van der Waals surface area (Å²) in [5.41, 5.74) is 0.0310. The highest BCUT2D eigenvalue weighted by atomic mass is 16.2. The van der Waals surface area contributed by atoms with Gasteiger partial charge in [0.1, 0.15) is 5.84 Å². The molecule has 0 unspecified atom stereocenters. The maximum absolute atomic E-state index is 11.5. The Morgan fingerprint density at radius 3 is 2.57 bits per heavy atom. The topological polar surface area (TPSA) is 35.9 Å². The first-order valence-electron chi connectivity index (χ1n) is 5.13. The van der Waals surface area contributed by atoms with Crippen LogP contribution < -0.4 is 0 Å². The third-order valence-electron chi connectivity index (χ3n) is 2.61. The molecule has 0 bridgehead atoms. The number of rotatable bonds is 0. The molecule has 0 aromatic carbocycles. The van der Waals surface area contributed by atoms with Gasteiger partial charge in [0.05, 0.1) is 13.1 Å². The Hall–Kier alpha value is -1.06. The van der Waals surface area contributed by atoms with Gasteiger partial charge < -0.3 is 0 Å². The first-order valence-corrected chi connectivity index (χ1v) is 5.13. The van der Waals surface area contributed by atoms with Crippen LogP contribution in [0.15, 0.2) is 4.99 Å². The minimum Gasteiger partial charge on any atom is -0.273 e. The molecule has 4 nitrogen and oxygen atoms in total. The van der Waals surface area contributed by atoms with Crippen molar-refractivity contribution in [1.29, 1.82) is 0 Å². The highest BCUT2D eigenvalue weighted by molar-refractivity contribution is 5.92. The number of nitrogens with zero attached hydrogens (tertiary/aromatic N) is 3. The van der Waals surface area contributed by atoms with Crippen molar-refractivity contribution in [2.75, 3.05) is 19.6 Å². The predicted octanol–water partition coefficient (Wildman–Crippen LogP) is 0.894. The fourth-order valence-corrected chi connectivity index (χ4v) is 2.01. The van der Waals surface area contributed by atoms with Crippen LogP contribution in [0.4, 0.5) is 0 Å². The maximum atomic E-state index is 11.5. The van der Waals surface area contributed by atoms with E-state index in [0.29, 0.717) is 6.42 Å². The Morgan fingerprint density at radius 1 is 1.21 bits per heavy atom. The molecule has 0 aliphatic carbocycles. The van der Waals surface area contributed by atoms with Crippen molar-refractivity contribution in [2.45, 2.75) is 27.2 Å². The van der Waals surface area contributed by atoms with Crippen LogP contribution in [0, 0.1) is 5.41 Å². The molecule has 2 aliphatic rings. The summed E-state index contributed by atoms with van der Waals surface area (Å²) in [7, 11) is 0. The molecule has 0 aromatic heterocycles. The maximum Gasteiger partial charge on any atom is 0.243 e. The van der Waals surface area contributed by atoms with Gasteiger partial charge in [-0.1, -0.05) is 20.8 Å². The van der Waals surface area contributed by atoms with Gasteiger partial charge in [0.15, 0.2) is 0 Å². The van der Waals surface area contributed by atoms with E-state index < -0.39 is 0 Å². The minimum atomic E-state index is 0.0310. The molecule has 2 rings (SSSR count). The Balaban J connectivity index is 2.27. The van der Waals surface area contributed by atoms with Crippen LogP contribution in [0.2, 0.25) is 0 Å². The largest absolute Gasteiger partial charge is 0.273 e. The molecule has 0 aromatic rings. The van der Waals surface area contributed by atoms with E-state index in [9.17, 15) is 4.79 Å². The second kappa shape index (κ2) is 2.97. The van der Waals surface area contributed by atoms with Crippen molar-refractivity contribution < 1.29 is 4.79 Å². The second-order valence-corrected chi connectivity index (χ2v) is 4.85. The molecular formula is C10H17N3O. The van der Waals surface area contributed by atoms with Crippen LogP contribution >= 0.6 is 0 Å². The first-order chi connectivity index (χ1) is 6.50. The zero-order valence-corrected chi connectivity index (χ0v) is 9.08. The average molecular weight is 195 g/mol. The lowest BCUT2D eigenvalue weighted by Gasteiger charge is -2.39. The monoisotopic (exact) mass is 195 g/mol. The number of carbonyl (C=O) groups excluding carboxylic acids is 1. The van der Waals surface area contributed by atoms with E-state index in [1.54, 1.807) is 0 Å². The Labute approximate surface area is 84.6 Å². The SMILES string of the molecule is CC(C)(C)C1=NCCN2C(=O)CCN12. The predicted molar refractivity (Wildman–Crippen MR) is 54.8 cm³/mol. The molecule has 1 amide bonds. The highest BCUT2D eigenvalue weighted by Gasteiger charge is 2.37. The highest BCUT2D eigenvalue weighted by Crippen LogP contribution is 2.26. The van der Waals surface area contributed by atoms with E-state index in [2.05, 4.69) is 25.8 Å². The van der Waals surface area contributed by atoms with Crippen molar-refractivity contribution >= 4 is 11.7 Å². The molecule has 4 heteroatoms. The van der Waals surface area contributed by atoms with E-state index >= 15 is 0 Å². The average Bonchev–Trinajstić information content (AvgIpc) is 2.46. The van der Waals surface area contributed by atoms with Gasteiger partial charge in [-0.05, 0) is 0 Å². The number of hydrogen-bond donors (Lipinski definition) is 0. The Kier molecular flexibility index (Phi) is 2.01. The molecule has 0 saturated carbocycles. The third kappa shape index (κ3) is 1.38. The summed E-state index contributed by atoms with van der Waals surface area (Å²) in [5.74, 6) is 1.29. The molecule has 2 heterocycles. The molecule has 0 spiro atoms. The molecule has 2 aliphatic heterocycles. The molecule has 0 atom stereocenters. The Bertz CT molecular complexity index is 290. The molecule has 0 radical (unpaired) electrons. The molecule has 78 valence electrons. The fourth-order valence-electron chi connectivity index (χ4n) is 2.01. The second-order valence-electron chi connectivity index (χ2n) is 4.85. The lowest BCUT2D eigenvalue weighted by Crippen LogP contribution is -2.51. The third-order valence-corrected chi connectivity index (χ3v) is 2.61. The van der Waals surface area contributed by atoms with Gasteiger partial charge in [-0.3, -0.25) is 19.8 Å². The number of amidine groups is 1. The smallest absolute Gasteiger partial charge is 0.243 e.